The number of fused-ring (bicyclic) bond motifs is 3. The molecule has 0 aliphatic heterocycles. The molecule has 0 radical (unpaired) electrons. The summed E-state index contributed by atoms with van der Waals surface area (Å²) in [4.78, 5) is 8.60. The van der Waals surface area contributed by atoms with Crippen molar-refractivity contribution in [3.8, 4) is 0 Å². The van der Waals surface area contributed by atoms with Crippen molar-refractivity contribution in [2.75, 3.05) is 0 Å². The van der Waals surface area contributed by atoms with Crippen molar-refractivity contribution in [2.45, 2.75) is 0 Å². The number of aromatic nitrogens is 8. The minimum atomic E-state index is 0.410. The number of hydrogen-bond acceptors (Lipinski definition) is 8. The van der Waals surface area contributed by atoms with E-state index in [2.05, 4.69) is 40.8 Å². The molecule has 0 N–H and O–H groups in total. The van der Waals surface area contributed by atoms with E-state index in [0.717, 1.165) is 10.8 Å². The van der Waals surface area contributed by atoms with E-state index in [1.807, 2.05) is 18.2 Å². The average Bonchev–Trinajstić information content (AvgIpc) is 2.42. The molecule has 0 unspecified atom stereocenters. The lowest BCUT2D eigenvalue weighted by atomic mass is 10.2. The molecule has 0 bridgehead atoms. The van der Waals surface area contributed by atoms with Gasteiger partial charge in [-0.1, -0.05) is 0 Å². The first kappa shape index (κ1) is 9.16. The maximum Gasteiger partial charge on any atom is 0.206 e. The molecular weight excluding hydrogens is 232 g/mol. The second-order valence-corrected chi connectivity index (χ2v) is 3.69. The van der Waals surface area contributed by atoms with Crippen LogP contribution >= 0.6 is 0 Å². The monoisotopic (exact) mass is 236 g/mol. The Bertz CT molecular complexity index is 746. The molecule has 0 aromatic carbocycles. The van der Waals surface area contributed by atoms with Crippen LogP contribution in [0.25, 0.3) is 33.2 Å². The first-order valence-corrected chi connectivity index (χ1v) is 5.15. The van der Waals surface area contributed by atoms with Crippen molar-refractivity contribution >= 4 is 33.2 Å². The first-order valence-electron chi connectivity index (χ1n) is 5.15. The summed E-state index contributed by atoms with van der Waals surface area (Å²) >= 11 is 0. The summed E-state index contributed by atoms with van der Waals surface area (Å²) in [6.45, 7) is 0. The summed E-state index contributed by atoms with van der Waals surface area (Å²) in [5, 5.41) is 24.1. The Kier molecular flexibility index (Phi) is 1.68. The average molecular weight is 236 g/mol. The molecule has 8 nitrogen and oxygen atoms in total. The van der Waals surface area contributed by atoms with Crippen LogP contribution < -0.4 is 0 Å². The largest absolute Gasteiger partial charge is 0.206 e. The van der Waals surface area contributed by atoms with E-state index in [9.17, 15) is 0 Å². The van der Waals surface area contributed by atoms with Crippen LogP contribution in [0.15, 0.2) is 24.4 Å². The fourth-order valence-electron chi connectivity index (χ4n) is 1.77. The fraction of sp³-hybridized carbons (Fsp3) is 0. The minimum absolute atomic E-state index is 0.410. The Labute approximate surface area is 99.1 Å². The van der Waals surface area contributed by atoms with Gasteiger partial charge in [-0.15, -0.1) is 15.3 Å². The summed E-state index contributed by atoms with van der Waals surface area (Å²) < 4.78 is 0. The minimum Gasteiger partial charge on any atom is -0.206 e. The van der Waals surface area contributed by atoms with E-state index in [4.69, 9.17) is 0 Å². The SMILES string of the molecule is c1cc2cc3cc4nnnnc4nc3nc2nn1. The summed E-state index contributed by atoms with van der Waals surface area (Å²) in [5.74, 6) is 0. The Morgan fingerprint density at radius 1 is 0.722 bits per heavy atom. The molecule has 0 fully saturated rings. The van der Waals surface area contributed by atoms with Crippen molar-refractivity contribution < 1.29 is 0 Å². The Morgan fingerprint density at radius 2 is 1.61 bits per heavy atom. The van der Waals surface area contributed by atoms with Gasteiger partial charge in [0, 0.05) is 10.8 Å². The Hall–Kier alpha value is -2.90. The van der Waals surface area contributed by atoms with Crippen LogP contribution in [-0.2, 0) is 0 Å². The third kappa shape index (κ3) is 1.25. The quantitative estimate of drug-likeness (QED) is 0.402. The van der Waals surface area contributed by atoms with Gasteiger partial charge in [-0.05, 0) is 28.6 Å². The summed E-state index contributed by atoms with van der Waals surface area (Å²) in [6, 6.07) is 5.60. The zero-order valence-electron chi connectivity index (χ0n) is 8.89. The molecule has 0 spiro atoms. The molecule has 0 saturated carbocycles. The second-order valence-electron chi connectivity index (χ2n) is 3.69. The summed E-state index contributed by atoms with van der Waals surface area (Å²) in [5.41, 5.74) is 2.08. The number of hydrogen-bond donors (Lipinski definition) is 0. The van der Waals surface area contributed by atoms with E-state index < -0.39 is 0 Å². The van der Waals surface area contributed by atoms with Crippen molar-refractivity contribution in [1.29, 1.82) is 0 Å². The molecule has 84 valence electrons. The predicted octanol–water partition coefficient (Wildman–Crippen LogP) is 0.306. The number of pyridine rings is 2. The van der Waals surface area contributed by atoms with Crippen molar-refractivity contribution in [3.63, 3.8) is 0 Å². The van der Waals surface area contributed by atoms with Gasteiger partial charge in [-0.3, -0.25) is 0 Å². The molecule has 4 heterocycles. The maximum absolute atomic E-state index is 4.33. The van der Waals surface area contributed by atoms with Crippen molar-refractivity contribution in [2.24, 2.45) is 0 Å². The molecule has 0 aliphatic carbocycles. The lowest BCUT2D eigenvalue weighted by molar-refractivity contribution is 0.791. The standard InChI is InChI=1S/C10H4N8/c1-2-11-15-9-5(1)3-6-4-7-10(13-8(6)12-9)16-18-17-14-7/h1-4H. The second kappa shape index (κ2) is 3.29. The maximum atomic E-state index is 4.33. The van der Waals surface area contributed by atoms with E-state index in [0.29, 0.717) is 22.5 Å². The molecular formula is C10H4N8. The van der Waals surface area contributed by atoms with Crippen molar-refractivity contribution in [3.05, 3.63) is 24.4 Å². The van der Waals surface area contributed by atoms with Gasteiger partial charge in [0.1, 0.15) is 5.52 Å². The fourth-order valence-corrected chi connectivity index (χ4v) is 1.77. The molecule has 0 aliphatic rings. The van der Waals surface area contributed by atoms with Crippen LogP contribution in [-0.4, -0.2) is 40.8 Å². The molecule has 18 heavy (non-hydrogen) atoms. The first-order chi connectivity index (χ1) is 8.90. The molecule has 0 atom stereocenters. The molecule has 8 heteroatoms. The smallest absolute Gasteiger partial charge is 0.206 e. The number of nitrogens with zero attached hydrogens (tertiary/aromatic N) is 8. The van der Waals surface area contributed by atoms with Gasteiger partial charge < -0.3 is 0 Å². The van der Waals surface area contributed by atoms with E-state index in [1.54, 1.807) is 6.20 Å². The van der Waals surface area contributed by atoms with Gasteiger partial charge in [0.05, 0.1) is 6.20 Å². The van der Waals surface area contributed by atoms with Crippen molar-refractivity contribution in [1.82, 2.24) is 40.8 Å². The van der Waals surface area contributed by atoms with E-state index in [1.165, 1.54) is 0 Å². The van der Waals surface area contributed by atoms with E-state index in [-0.39, 0.29) is 0 Å². The zero-order valence-corrected chi connectivity index (χ0v) is 8.89. The van der Waals surface area contributed by atoms with Crippen LogP contribution in [0.5, 0.6) is 0 Å². The Balaban J connectivity index is 2.20. The summed E-state index contributed by atoms with van der Waals surface area (Å²) in [7, 11) is 0. The lowest BCUT2D eigenvalue weighted by Gasteiger charge is -1.99. The highest BCUT2D eigenvalue weighted by molar-refractivity contribution is 5.93. The third-order valence-corrected chi connectivity index (χ3v) is 2.58. The third-order valence-electron chi connectivity index (χ3n) is 2.58. The van der Waals surface area contributed by atoms with Gasteiger partial charge in [0.2, 0.25) is 5.65 Å². The summed E-state index contributed by atoms with van der Waals surface area (Å²) in [6.07, 6.45) is 1.62. The van der Waals surface area contributed by atoms with Gasteiger partial charge in [0.25, 0.3) is 0 Å². The highest BCUT2D eigenvalue weighted by Crippen LogP contribution is 2.18. The normalized spacial score (nSPS) is 11.3. The van der Waals surface area contributed by atoms with Gasteiger partial charge in [-0.2, -0.15) is 5.10 Å². The number of rotatable bonds is 0. The topological polar surface area (TPSA) is 103 Å². The van der Waals surface area contributed by atoms with Crippen LogP contribution in [0, 0.1) is 0 Å². The highest BCUT2D eigenvalue weighted by atomic mass is 15.4. The predicted molar refractivity (Wildman–Crippen MR) is 61.3 cm³/mol. The molecule has 0 amide bonds. The molecule has 0 saturated heterocycles. The molecule has 4 aromatic heterocycles. The van der Waals surface area contributed by atoms with Crippen LogP contribution in [0.4, 0.5) is 0 Å². The lowest BCUT2D eigenvalue weighted by Crippen LogP contribution is -1.97. The van der Waals surface area contributed by atoms with E-state index >= 15 is 0 Å². The van der Waals surface area contributed by atoms with Gasteiger partial charge in [0.15, 0.2) is 11.3 Å². The van der Waals surface area contributed by atoms with Gasteiger partial charge >= 0.3 is 0 Å². The zero-order chi connectivity index (χ0) is 11.9. The molecule has 4 aromatic rings. The van der Waals surface area contributed by atoms with Crippen LogP contribution in [0.2, 0.25) is 0 Å². The molecule has 4 rings (SSSR count). The highest BCUT2D eigenvalue weighted by Gasteiger charge is 2.06. The van der Waals surface area contributed by atoms with Gasteiger partial charge in [-0.25, -0.2) is 9.97 Å². The Morgan fingerprint density at radius 3 is 2.61 bits per heavy atom. The van der Waals surface area contributed by atoms with Crippen LogP contribution in [0.1, 0.15) is 0 Å². The van der Waals surface area contributed by atoms with Crippen LogP contribution in [0.3, 0.4) is 0 Å².